The molecule has 1 amide bonds. The van der Waals surface area contributed by atoms with E-state index in [2.05, 4.69) is 4.99 Å². The number of benzene rings is 1. The predicted octanol–water partition coefficient (Wildman–Crippen LogP) is 1.81. The summed E-state index contributed by atoms with van der Waals surface area (Å²) in [5.41, 5.74) is 0.600. The number of thioether (sulfide) groups is 1. The summed E-state index contributed by atoms with van der Waals surface area (Å²) in [7, 11) is -1.69. The highest BCUT2D eigenvalue weighted by Gasteiger charge is 2.49. The predicted molar refractivity (Wildman–Crippen MR) is 104 cm³/mol. The van der Waals surface area contributed by atoms with Crippen LogP contribution in [0.4, 0.5) is 5.69 Å². The second kappa shape index (κ2) is 7.69. The molecule has 0 radical (unpaired) electrons. The third kappa shape index (κ3) is 4.39. The molecule has 1 N–H and O–H groups in total. The fourth-order valence-electron chi connectivity index (χ4n) is 3.05. The van der Waals surface area contributed by atoms with Crippen molar-refractivity contribution < 1.29 is 27.9 Å². The molecule has 2 aliphatic heterocycles. The van der Waals surface area contributed by atoms with E-state index >= 15 is 0 Å². The Morgan fingerprint density at radius 2 is 2.11 bits per heavy atom. The molecule has 2 heterocycles. The summed E-state index contributed by atoms with van der Waals surface area (Å²) in [6.07, 6.45) is -0.528. The number of amides is 1. The van der Waals surface area contributed by atoms with Gasteiger partial charge < -0.3 is 14.7 Å². The molecule has 2 fully saturated rings. The molecule has 2 saturated heterocycles. The minimum atomic E-state index is -3.18. The molecule has 2 aliphatic rings. The van der Waals surface area contributed by atoms with Crippen LogP contribution in [0.3, 0.4) is 0 Å². The highest BCUT2D eigenvalue weighted by atomic mass is 35.5. The number of carboxylic acids is 1. The Kier molecular flexibility index (Phi) is 5.68. The van der Waals surface area contributed by atoms with Crippen LogP contribution in [0.15, 0.2) is 23.2 Å². The van der Waals surface area contributed by atoms with Crippen LogP contribution in [0, 0.1) is 0 Å². The van der Waals surface area contributed by atoms with Crippen molar-refractivity contribution in [2.45, 2.75) is 24.1 Å². The van der Waals surface area contributed by atoms with Gasteiger partial charge in [-0.1, -0.05) is 23.4 Å². The van der Waals surface area contributed by atoms with Gasteiger partial charge in [0.05, 0.1) is 36.1 Å². The van der Waals surface area contributed by atoms with Crippen LogP contribution < -0.4 is 9.64 Å². The van der Waals surface area contributed by atoms with Gasteiger partial charge in [-0.2, -0.15) is 4.99 Å². The first-order valence-corrected chi connectivity index (χ1v) is 11.1. The minimum Gasteiger partial charge on any atom is -0.495 e. The maximum Gasteiger partial charge on any atom is 0.303 e. The van der Waals surface area contributed by atoms with Crippen LogP contribution >= 0.6 is 23.4 Å². The molecule has 1 aromatic rings. The van der Waals surface area contributed by atoms with Crippen molar-refractivity contribution in [3.63, 3.8) is 0 Å². The number of methoxy groups -OCH3 is 1. The second-order valence-electron chi connectivity index (χ2n) is 6.17. The standard InChI is InChI=1S/C16H17ClN2O6S2/c1-25-12-3-2-9(6-10(12)17)19-11-7-27(23,24)8-13(11)26-16(19)18-14(20)4-5-15(21)22/h2-3,6,11,13H,4-5,7-8H2,1H3,(H,21,22)/t11-,13+/m1/s1. The van der Waals surface area contributed by atoms with E-state index in [-0.39, 0.29) is 35.6 Å². The molecule has 0 aromatic heterocycles. The number of amidine groups is 1. The lowest BCUT2D eigenvalue weighted by atomic mass is 10.2. The van der Waals surface area contributed by atoms with E-state index in [1.54, 1.807) is 23.1 Å². The Labute approximate surface area is 165 Å². The molecule has 3 rings (SSSR count). The molecular weight excluding hydrogens is 416 g/mol. The fourth-order valence-corrected chi connectivity index (χ4v) is 7.23. The first-order valence-electron chi connectivity index (χ1n) is 8.03. The average molecular weight is 433 g/mol. The van der Waals surface area contributed by atoms with Crippen LogP contribution in [-0.4, -0.2) is 60.5 Å². The molecule has 8 nitrogen and oxygen atoms in total. The number of aliphatic imine (C=N–C) groups is 1. The Morgan fingerprint density at radius 3 is 2.74 bits per heavy atom. The third-order valence-corrected chi connectivity index (χ3v) is 7.76. The van der Waals surface area contributed by atoms with Gasteiger partial charge in [-0.25, -0.2) is 8.42 Å². The van der Waals surface area contributed by atoms with Gasteiger partial charge in [-0.15, -0.1) is 0 Å². The second-order valence-corrected chi connectivity index (χ2v) is 9.94. The highest BCUT2D eigenvalue weighted by molar-refractivity contribution is 8.16. The highest BCUT2D eigenvalue weighted by Crippen LogP contribution is 2.42. The molecule has 0 aliphatic carbocycles. The number of carbonyl (C=O) groups is 2. The number of hydrogen-bond donors (Lipinski definition) is 1. The van der Waals surface area contributed by atoms with Gasteiger partial charge >= 0.3 is 5.97 Å². The zero-order chi connectivity index (χ0) is 19.8. The maximum atomic E-state index is 12.0. The number of sulfone groups is 1. The van der Waals surface area contributed by atoms with Crippen LogP contribution in [0.1, 0.15) is 12.8 Å². The van der Waals surface area contributed by atoms with Gasteiger partial charge in [-0.05, 0) is 18.2 Å². The molecule has 0 spiro atoms. The Bertz CT molecular complexity index is 917. The van der Waals surface area contributed by atoms with E-state index in [0.717, 1.165) is 0 Å². The van der Waals surface area contributed by atoms with Gasteiger partial charge in [0, 0.05) is 17.4 Å². The summed E-state index contributed by atoms with van der Waals surface area (Å²) in [4.78, 5) is 28.4. The van der Waals surface area contributed by atoms with E-state index in [9.17, 15) is 18.0 Å². The third-order valence-electron chi connectivity index (χ3n) is 4.25. The largest absolute Gasteiger partial charge is 0.495 e. The monoisotopic (exact) mass is 432 g/mol. The van der Waals surface area contributed by atoms with Crippen molar-refractivity contribution in [1.82, 2.24) is 0 Å². The van der Waals surface area contributed by atoms with Crippen molar-refractivity contribution in [2.75, 3.05) is 23.5 Å². The van der Waals surface area contributed by atoms with E-state index in [1.165, 1.54) is 18.9 Å². The number of fused-ring (bicyclic) bond motifs is 1. The van der Waals surface area contributed by atoms with Crippen molar-refractivity contribution in [1.29, 1.82) is 0 Å². The van der Waals surface area contributed by atoms with Crippen LogP contribution in [0.2, 0.25) is 5.02 Å². The van der Waals surface area contributed by atoms with Gasteiger partial charge in [0.25, 0.3) is 0 Å². The molecular formula is C16H17ClN2O6S2. The molecule has 0 unspecified atom stereocenters. The van der Waals surface area contributed by atoms with Gasteiger partial charge in [0.15, 0.2) is 15.0 Å². The van der Waals surface area contributed by atoms with Crippen molar-refractivity contribution >= 4 is 55.9 Å². The lowest BCUT2D eigenvalue weighted by Crippen LogP contribution is -2.37. The number of halogens is 1. The first-order chi connectivity index (χ1) is 12.7. The smallest absolute Gasteiger partial charge is 0.303 e. The Morgan fingerprint density at radius 1 is 1.37 bits per heavy atom. The van der Waals surface area contributed by atoms with E-state index < -0.39 is 21.7 Å². The van der Waals surface area contributed by atoms with E-state index in [4.69, 9.17) is 21.4 Å². The molecule has 1 aromatic carbocycles. The summed E-state index contributed by atoms with van der Waals surface area (Å²) in [6, 6.07) is 4.64. The first kappa shape index (κ1) is 20.0. The summed E-state index contributed by atoms with van der Waals surface area (Å²) < 4.78 is 29.2. The molecule has 11 heteroatoms. The fraction of sp³-hybridized carbons (Fsp3) is 0.438. The van der Waals surface area contributed by atoms with Crippen molar-refractivity contribution in [3.05, 3.63) is 23.2 Å². The summed E-state index contributed by atoms with van der Waals surface area (Å²) in [5, 5.41) is 9.17. The number of aliphatic carboxylic acids is 1. The molecule has 146 valence electrons. The molecule has 27 heavy (non-hydrogen) atoms. The molecule has 2 atom stereocenters. The number of carboxylic acid groups (broad SMARTS) is 1. The summed E-state index contributed by atoms with van der Waals surface area (Å²) >= 11 is 7.42. The van der Waals surface area contributed by atoms with Gasteiger partial charge in [0.1, 0.15) is 5.75 Å². The lowest BCUT2D eigenvalue weighted by molar-refractivity contribution is -0.138. The summed E-state index contributed by atoms with van der Waals surface area (Å²) in [6.45, 7) is 0. The Balaban J connectivity index is 1.94. The number of carbonyl (C=O) groups excluding carboxylic acids is 1. The lowest BCUT2D eigenvalue weighted by Gasteiger charge is -2.25. The van der Waals surface area contributed by atoms with E-state index in [1.807, 2.05) is 0 Å². The summed E-state index contributed by atoms with van der Waals surface area (Å²) in [5.74, 6) is -1.21. The van der Waals surface area contributed by atoms with Crippen molar-refractivity contribution in [3.8, 4) is 5.75 Å². The van der Waals surface area contributed by atoms with Crippen molar-refractivity contribution in [2.24, 2.45) is 4.99 Å². The van der Waals surface area contributed by atoms with Gasteiger partial charge in [0.2, 0.25) is 5.91 Å². The molecule has 0 bridgehead atoms. The van der Waals surface area contributed by atoms with Crippen LogP contribution in [0.25, 0.3) is 0 Å². The zero-order valence-corrected chi connectivity index (χ0v) is 16.7. The van der Waals surface area contributed by atoms with Crippen LogP contribution in [0.5, 0.6) is 5.75 Å². The molecule has 0 saturated carbocycles. The Hall–Kier alpha value is -1.78. The number of hydrogen-bond acceptors (Lipinski definition) is 6. The van der Waals surface area contributed by atoms with Gasteiger partial charge in [-0.3, -0.25) is 9.59 Å². The normalized spacial score (nSPS) is 24.8. The average Bonchev–Trinajstić information content (AvgIpc) is 3.03. The topological polar surface area (TPSA) is 113 Å². The van der Waals surface area contributed by atoms with Crippen LogP contribution in [-0.2, 0) is 19.4 Å². The maximum absolute atomic E-state index is 12.0. The SMILES string of the molecule is COc1ccc(N2C(=NC(=O)CCC(=O)O)S[C@H]3CS(=O)(=O)C[C@H]32)cc1Cl. The number of ether oxygens (including phenoxy) is 1. The minimum absolute atomic E-state index is 0.00502. The number of nitrogens with zero attached hydrogens (tertiary/aromatic N) is 2. The quantitative estimate of drug-likeness (QED) is 0.749. The van der Waals surface area contributed by atoms with E-state index in [0.29, 0.717) is 21.6 Å². The zero-order valence-electron chi connectivity index (χ0n) is 14.3. The number of rotatable bonds is 5. The number of anilines is 1.